The summed E-state index contributed by atoms with van der Waals surface area (Å²) >= 11 is 0. The molecule has 0 spiro atoms. The number of hydrogen-bond donors (Lipinski definition) is 1. The van der Waals surface area contributed by atoms with Gasteiger partial charge in [0.15, 0.2) is 0 Å². The third-order valence-electron chi connectivity index (χ3n) is 4.57. The zero-order chi connectivity index (χ0) is 14.3. The van der Waals surface area contributed by atoms with E-state index < -0.39 is 6.04 Å². The molecule has 0 radical (unpaired) electrons. The fourth-order valence-corrected chi connectivity index (χ4v) is 3.45. The number of hydrogen-bond acceptors (Lipinski definition) is 2. The maximum absolute atomic E-state index is 12.1. The van der Waals surface area contributed by atoms with E-state index in [2.05, 4.69) is 30.4 Å². The van der Waals surface area contributed by atoms with Gasteiger partial charge in [0.2, 0.25) is 0 Å². The van der Waals surface area contributed by atoms with Crippen molar-refractivity contribution in [1.82, 2.24) is 10.2 Å². The third kappa shape index (κ3) is 1.99. The number of carbonyl (C=O) groups excluding carboxylic acids is 2. The Bertz CT molecular complexity index is 569. The number of aryl methyl sites for hydroxylation is 1. The molecule has 3 amide bonds. The van der Waals surface area contributed by atoms with E-state index in [1.807, 2.05) is 6.07 Å². The van der Waals surface area contributed by atoms with Crippen LogP contribution in [0.5, 0.6) is 0 Å². The quantitative estimate of drug-likeness (QED) is 0.839. The average molecular weight is 272 g/mol. The van der Waals surface area contributed by atoms with E-state index in [0.717, 1.165) is 19.3 Å². The molecule has 0 bridgehead atoms. The van der Waals surface area contributed by atoms with Crippen molar-refractivity contribution in [2.45, 2.75) is 44.6 Å². The van der Waals surface area contributed by atoms with Crippen molar-refractivity contribution in [3.8, 4) is 0 Å². The molecule has 1 N–H and O–H groups in total. The van der Waals surface area contributed by atoms with Gasteiger partial charge in [0.05, 0.1) is 0 Å². The van der Waals surface area contributed by atoms with Gasteiger partial charge in [-0.2, -0.15) is 0 Å². The Hall–Kier alpha value is -1.84. The maximum Gasteiger partial charge on any atom is 0.324 e. The molecule has 1 aromatic rings. The number of urea groups is 1. The molecule has 4 nitrogen and oxygen atoms in total. The van der Waals surface area contributed by atoms with Gasteiger partial charge in [0.1, 0.15) is 6.04 Å². The van der Waals surface area contributed by atoms with E-state index in [1.54, 1.807) is 6.92 Å². The molecule has 1 heterocycles. The van der Waals surface area contributed by atoms with E-state index in [0.29, 0.717) is 6.54 Å². The van der Waals surface area contributed by atoms with Crippen molar-refractivity contribution in [1.29, 1.82) is 0 Å². The number of rotatable bonds is 2. The molecule has 1 saturated heterocycles. The molecule has 1 aliphatic carbocycles. The Morgan fingerprint density at radius 3 is 2.80 bits per heavy atom. The van der Waals surface area contributed by atoms with E-state index >= 15 is 0 Å². The molecule has 1 fully saturated rings. The molecule has 106 valence electrons. The van der Waals surface area contributed by atoms with Gasteiger partial charge in [-0.15, -0.1) is 0 Å². The minimum atomic E-state index is -0.398. The molecule has 3 rings (SSSR count). The Balaban J connectivity index is 1.91. The lowest BCUT2D eigenvalue weighted by Gasteiger charge is -2.38. The zero-order valence-electron chi connectivity index (χ0n) is 12.0. The molecule has 1 aliphatic heterocycles. The second-order valence-electron chi connectivity index (χ2n) is 6.17. The van der Waals surface area contributed by atoms with Crippen LogP contribution in [-0.4, -0.2) is 29.4 Å². The minimum Gasteiger partial charge on any atom is -0.326 e. The van der Waals surface area contributed by atoms with Gasteiger partial charge in [0.25, 0.3) is 5.91 Å². The first kappa shape index (κ1) is 13.2. The standard InChI is InChI=1S/C16H20N2O2/c1-11-14(19)18(15(20)17-11)10-16(2)9-5-7-12-6-3-4-8-13(12)16/h3-4,6,8,11H,5,7,9-10H2,1-2H3,(H,17,20)/t11-,16-/m0/s1. The molecule has 1 aromatic carbocycles. The highest BCUT2D eigenvalue weighted by Crippen LogP contribution is 2.38. The summed E-state index contributed by atoms with van der Waals surface area (Å²) in [6.07, 6.45) is 3.20. The maximum atomic E-state index is 12.1. The zero-order valence-corrected chi connectivity index (χ0v) is 12.0. The molecule has 4 heteroatoms. The fraction of sp³-hybridized carbons (Fsp3) is 0.500. The first-order chi connectivity index (χ1) is 9.51. The van der Waals surface area contributed by atoms with Gasteiger partial charge >= 0.3 is 6.03 Å². The van der Waals surface area contributed by atoms with Crippen molar-refractivity contribution in [3.63, 3.8) is 0 Å². The van der Waals surface area contributed by atoms with E-state index in [-0.39, 0.29) is 17.4 Å². The summed E-state index contributed by atoms with van der Waals surface area (Å²) in [5, 5.41) is 2.68. The van der Waals surface area contributed by atoms with Gasteiger partial charge < -0.3 is 5.32 Å². The lowest BCUT2D eigenvalue weighted by molar-refractivity contribution is -0.127. The number of imide groups is 1. The van der Waals surface area contributed by atoms with Crippen LogP contribution in [-0.2, 0) is 16.6 Å². The van der Waals surface area contributed by atoms with Gasteiger partial charge in [-0.1, -0.05) is 31.2 Å². The number of nitrogens with one attached hydrogen (secondary N) is 1. The summed E-state index contributed by atoms with van der Waals surface area (Å²) in [7, 11) is 0. The number of benzene rings is 1. The number of nitrogens with zero attached hydrogens (tertiary/aromatic N) is 1. The lowest BCUT2D eigenvalue weighted by atomic mass is 9.71. The Labute approximate surface area is 119 Å². The lowest BCUT2D eigenvalue weighted by Crippen LogP contribution is -2.44. The van der Waals surface area contributed by atoms with E-state index in [9.17, 15) is 9.59 Å². The van der Waals surface area contributed by atoms with Crippen LogP contribution >= 0.6 is 0 Å². The number of carbonyl (C=O) groups is 2. The highest BCUT2D eigenvalue weighted by atomic mass is 16.2. The molecule has 2 aliphatic rings. The van der Waals surface area contributed by atoms with E-state index in [1.165, 1.54) is 16.0 Å². The van der Waals surface area contributed by atoms with Crippen LogP contribution in [0.1, 0.15) is 37.8 Å². The summed E-state index contributed by atoms with van der Waals surface area (Å²) < 4.78 is 0. The average Bonchev–Trinajstić information content (AvgIpc) is 2.66. The van der Waals surface area contributed by atoms with Crippen LogP contribution in [0.15, 0.2) is 24.3 Å². The van der Waals surface area contributed by atoms with Crippen LogP contribution < -0.4 is 5.32 Å². The molecule has 0 unspecified atom stereocenters. The predicted molar refractivity (Wildman–Crippen MR) is 76.4 cm³/mol. The highest BCUT2D eigenvalue weighted by molar-refractivity contribution is 6.04. The van der Waals surface area contributed by atoms with Crippen LogP contribution in [0.4, 0.5) is 4.79 Å². The predicted octanol–water partition coefficient (Wildman–Crippen LogP) is 2.22. The smallest absolute Gasteiger partial charge is 0.324 e. The Kier molecular flexibility index (Phi) is 3.04. The van der Waals surface area contributed by atoms with Crippen LogP contribution in [0.2, 0.25) is 0 Å². The summed E-state index contributed by atoms with van der Waals surface area (Å²) in [6, 6.07) is 7.73. The second kappa shape index (κ2) is 4.62. The van der Waals surface area contributed by atoms with Crippen molar-refractivity contribution < 1.29 is 9.59 Å². The minimum absolute atomic E-state index is 0.112. The highest BCUT2D eigenvalue weighted by Gasteiger charge is 2.41. The van der Waals surface area contributed by atoms with Gasteiger partial charge in [-0.05, 0) is 37.3 Å². The largest absolute Gasteiger partial charge is 0.326 e. The summed E-state index contributed by atoms with van der Waals surface area (Å²) in [5.74, 6) is -0.112. The Morgan fingerprint density at radius 1 is 1.35 bits per heavy atom. The van der Waals surface area contributed by atoms with Crippen molar-refractivity contribution in [2.75, 3.05) is 6.54 Å². The molecule has 20 heavy (non-hydrogen) atoms. The summed E-state index contributed by atoms with van der Waals surface area (Å²) in [6.45, 7) is 4.37. The number of fused-ring (bicyclic) bond motifs is 1. The summed E-state index contributed by atoms with van der Waals surface area (Å²) in [5.41, 5.74) is 2.50. The first-order valence-corrected chi connectivity index (χ1v) is 7.21. The van der Waals surface area contributed by atoms with Crippen molar-refractivity contribution in [3.05, 3.63) is 35.4 Å². The van der Waals surface area contributed by atoms with Gasteiger partial charge in [-0.25, -0.2) is 4.79 Å². The molecular weight excluding hydrogens is 252 g/mol. The van der Waals surface area contributed by atoms with Crippen molar-refractivity contribution >= 4 is 11.9 Å². The Morgan fingerprint density at radius 2 is 2.10 bits per heavy atom. The number of amides is 3. The molecule has 2 atom stereocenters. The van der Waals surface area contributed by atoms with Gasteiger partial charge in [-0.3, -0.25) is 9.69 Å². The van der Waals surface area contributed by atoms with Crippen LogP contribution in [0, 0.1) is 0 Å². The SMILES string of the molecule is C[C@@H]1NC(=O)N(C[C@]2(C)CCCc3ccccc32)C1=O. The normalized spacial score (nSPS) is 29.3. The van der Waals surface area contributed by atoms with Crippen molar-refractivity contribution in [2.24, 2.45) is 0 Å². The first-order valence-electron chi connectivity index (χ1n) is 7.21. The molecule has 0 saturated carbocycles. The fourth-order valence-electron chi connectivity index (χ4n) is 3.45. The third-order valence-corrected chi connectivity index (χ3v) is 4.57. The van der Waals surface area contributed by atoms with Gasteiger partial charge in [0, 0.05) is 12.0 Å². The summed E-state index contributed by atoms with van der Waals surface area (Å²) in [4.78, 5) is 25.4. The second-order valence-corrected chi connectivity index (χ2v) is 6.17. The van der Waals surface area contributed by atoms with Crippen LogP contribution in [0.3, 0.4) is 0 Å². The van der Waals surface area contributed by atoms with Crippen LogP contribution in [0.25, 0.3) is 0 Å². The topological polar surface area (TPSA) is 49.4 Å². The molecule has 0 aromatic heterocycles. The van der Waals surface area contributed by atoms with E-state index in [4.69, 9.17) is 0 Å². The molecular formula is C16H20N2O2. The monoisotopic (exact) mass is 272 g/mol.